The minimum Gasteiger partial charge on any atom is -0.496 e. The number of imide groups is 1. The van der Waals surface area contributed by atoms with Gasteiger partial charge >= 0.3 is 0 Å². The van der Waals surface area contributed by atoms with Crippen molar-refractivity contribution in [1.29, 1.82) is 0 Å². The van der Waals surface area contributed by atoms with Gasteiger partial charge < -0.3 is 14.5 Å². The first-order chi connectivity index (χ1) is 14.2. The van der Waals surface area contributed by atoms with E-state index in [1.165, 1.54) is 4.90 Å². The number of para-hydroxylation sites is 1. The Morgan fingerprint density at radius 2 is 1.59 bits per heavy atom. The van der Waals surface area contributed by atoms with Gasteiger partial charge in [0.25, 0.3) is 11.8 Å². The van der Waals surface area contributed by atoms with Gasteiger partial charge in [0.1, 0.15) is 11.4 Å². The minimum atomic E-state index is -0.272. The number of carbonyl (C=O) groups is 2. The highest BCUT2D eigenvalue weighted by Gasteiger charge is 2.42. The molecule has 2 aliphatic rings. The second-order valence-corrected chi connectivity index (χ2v) is 6.80. The van der Waals surface area contributed by atoms with Gasteiger partial charge in [-0.3, -0.25) is 14.5 Å². The predicted octanol–water partition coefficient (Wildman–Crippen LogP) is 1.41. The molecule has 0 aliphatic carbocycles. The van der Waals surface area contributed by atoms with Crippen molar-refractivity contribution >= 4 is 23.3 Å². The molecule has 2 amide bonds. The zero-order chi connectivity index (χ0) is 20.4. The molecular formula is C21H23N5O3. The first-order valence-corrected chi connectivity index (χ1v) is 9.66. The summed E-state index contributed by atoms with van der Waals surface area (Å²) in [6, 6.07) is 9.11. The van der Waals surface area contributed by atoms with Crippen LogP contribution in [0.15, 0.2) is 48.4 Å². The fourth-order valence-corrected chi connectivity index (χ4v) is 3.82. The molecule has 0 unspecified atom stereocenters. The van der Waals surface area contributed by atoms with Gasteiger partial charge in [-0.15, -0.1) is 0 Å². The van der Waals surface area contributed by atoms with Crippen LogP contribution < -0.4 is 9.64 Å². The fourth-order valence-electron chi connectivity index (χ4n) is 3.82. The molecule has 29 heavy (non-hydrogen) atoms. The number of methoxy groups -OCH3 is 1. The summed E-state index contributed by atoms with van der Waals surface area (Å²) in [5, 5.41) is 0. The van der Waals surface area contributed by atoms with Crippen molar-refractivity contribution in [2.75, 3.05) is 44.7 Å². The quantitative estimate of drug-likeness (QED) is 0.711. The Balaban J connectivity index is 1.68. The molecule has 0 bridgehead atoms. The molecule has 1 aromatic heterocycles. The highest BCUT2D eigenvalue weighted by Crippen LogP contribution is 2.36. The van der Waals surface area contributed by atoms with Gasteiger partial charge in [0, 0.05) is 50.7 Å². The maximum absolute atomic E-state index is 13.1. The lowest BCUT2D eigenvalue weighted by atomic mass is 10.0. The summed E-state index contributed by atoms with van der Waals surface area (Å²) in [6.07, 6.45) is 3.44. The zero-order valence-electron chi connectivity index (χ0n) is 16.5. The van der Waals surface area contributed by atoms with E-state index >= 15 is 0 Å². The first-order valence-electron chi connectivity index (χ1n) is 9.66. The lowest BCUT2D eigenvalue weighted by Crippen LogP contribution is -2.48. The molecule has 8 heteroatoms. The molecule has 0 radical (unpaired) electrons. The summed E-state index contributed by atoms with van der Waals surface area (Å²) in [5.41, 5.74) is 1.52. The van der Waals surface area contributed by atoms with Crippen molar-refractivity contribution in [3.63, 3.8) is 0 Å². The minimum absolute atomic E-state index is 0.247. The van der Waals surface area contributed by atoms with Crippen molar-refractivity contribution in [1.82, 2.24) is 19.8 Å². The molecule has 1 fully saturated rings. The van der Waals surface area contributed by atoms with E-state index in [9.17, 15) is 9.59 Å². The van der Waals surface area contributed by atoms with Crippen molar-refractivity contribution in [3.8, 4) is 5.75 Å². The number of likely N-dealkylation sites (N-methyl/N-ethyl adjacent to an activating group) is 1. The number of aromatic nitrogens is 2. The molecule has 0 atom stereocenters. The topological polar surface area (TPSA) is 78.9 Å². The average Bonchev–Trinajstić information content (AvgIpc) is 3.03. The molecule has 1 saturated heterocycles. The Kier molecular flexibility index (Phi) is 5.16. The van der Waals surface area contributed by atoms with Crippen LogP contribution in [-0.2, 0) is 9.59 Å². The summed E-state index contributed by atoms with van der Waals surface area (Å²) < 4.78 is 5.46. The van der Waals surface area contributed by atoms with Crippen molar-refractivity contribution in [2.45, 2.75) is 6.92 Å². The largest absolute Gasteiger partial charge is 0.496 e. The van der Waals surface area contributed by atoms with E-state index in [-0.39, 0.29) is 11.8 Å². The number of anilines is 1. The molecule has 2 aromatic rings. The van der Waals surface area contributed by atoms with Gasteiger partial charge in [-0.05, 0) is 19.1 Å². The number of nitrogens with zero attached hydrogens (tertiary/aromatic N) is 5. The molecule has 4 rings (SSSR count). The second-order valence-electron chi connectivity index (χ2n) is 6.80. The van der Waals surface area contributed by atoms with Crippen LogP contribution in [0.2, 0.25) is 0 Å². The Hall–Kier alpha value is -3.42. The van der Waals surface area contributed by atoms with Crippen molar-refractivity contribution < 1.29 is 14.3 Å². The predicted molar refractivity (Wildman–Crippen MR) is 108 cm³/mol. The van der Waals surface area contributed by atoms with E-state index in [2.05, 4.69) is 14.9 Å². The van der Waals surface area contributed by atoms with E-state index in [4.69, 9.17) is 4.74 Å². The van der Waals surface area contributed by atoms with Crippen molar-refractivity contribution in [3.05, 3.63) is 54.0 Å². The van der Waals surface area contributed by atoms with Gasteiger partial charge in [0.2, 0.25) is 5.95 Å². The van der Waals surface area contributed by atoms with E-state index in [0.29, 0.717) is 61.3 Å². The number of hydrogen-bond acceptors (Lipinski definition) is 7. The smallest absolute Gasteiger partial charge is 0.277 e. The third-order valence-corrected chi connectivity index (χ3v) is 5.27. The summed E-state index contributed by atoms with van der Waals surface area (Å²) in [5.74, 6) is 0.735. The first kappa shape index (κ1) is 18.9. The van der Waals surface area contributed by atoms with E-state index in [1.807, 2.05) is 30.0 Å². The van der Waals surface area contributed by atoms with Crippen LogP contribution in [0.4, 0.5) is 5.95 Å². The number of benzene rings is 1. The lowest BCUT2D eigenvalue weighted by Gasteiger charge is -2.36. The molecule has 0 saturated carbocycles. The maximum Gasteiger partial charge on any atom is 0.277 e. The maximum atomic E-state index is 13.1. The summed E-state index contributed by atoms with van der Waals surface area (Å²) >= 11 is 0. The van der Waals surface area contributed by atoms with E-state index < -0.39 is 0 Å². The van der Waals surface area contributed by atoms with Gasteiger partial charge in [0.15, 0.2) is 0 Å². The SMILES string of the molecule is CCN1C(=O)C(c2ccccc2OC)=C(N2CCN(c3ncccn3)CC2)C1=O. The van der Waals surface area contributed by atoms with Crippen LogP contribution in [0.3, 0.4) is 0 Å². The van der Waals surface area contributed by atoms with Gasteiger partial charge in [0.05, 0.1) is 12.7 Å². The monoisotopic (exact) mass is 393 g/mol. The number of piperazine rings is 1. The molecule has 2 aliphatic heterocycles. The van der Waals surface area contributed by atoms with Crippen LogP contribution >= 0.6 is 0 Å². The van der Waals surface area contributed by atoms with Crippen molar-refractivity contribution in [2.24, 2.45) is 0 Å². The summed E-state index contributed by atoms with van der Waals surface area (Å²) in [7, 11) is 1.57. The Bertz CT molecular complexity index is 952. The zero-order valence-corrected chi connectivity index (χ0v) is 16.5. The third kappa shape index (κ3) is 3.30. The fraction of sp³-hybridized carbons (Fsp3) is 0.333. The molecule has 150 valence electrons. The van der Waals surface area contributed by atoms with Crippen LogP contribution in [0.25, 0.3) is 5.57 Å². The van der Waals surface area contributed by atoms with Crippen LogP contribution in [0.1, 0.15) is 12.5 Å². The van der Waals surface area contributed by atoms with Crippen LogP contribution in [0.5, 0.6) is 5.75 Å². The standard InChI is InChI=1S/C21H23N5O3/c1-3-26-19(27)17(15-7-4-5-8-16(15)29-2)18(20(26)28)24-11-13-25(14-12-24)21-22-9-6-10-23-21/h4-10H,3,11-14H2,1-2H3. The number of carbonyl (C=O) groups excluding carboxylic acids is 2. The highest BCUT2D eigenvalue weighted by molar-refractivity contribution is 6.36. The van der Waals surface area contributed by atoms with E-state index in [1.54, 1.807) is 31.6 Å². The third-order valence-electron chi connectivity index (χ3n) is 5.27. The number of rotatable bonds is 5. The van der Waals surface area contributed by atoms with E-state index in [0.717, 1.165) is 0 Å². The summed E-state index contributed by atoms with van der Waals surface area (Å²) in [6.45, 7) is 4.67. The Labute approximate surface area is 169 Å². The van der Waals surface area contributed by atoms with Crippen LogP contribution in [-0.4, -0.2) is 71.4 Å². The molecule has 1 aromatic carbocycles. The normalized spacial score (nSPS) is 17.4. The number of amides is 2. The van der Waals surface area contributed by atoms with Gasteiger partial charge in [-0.2, -0.15) is 0 Å². The Morgan fingerprint density at radius 1 is 0.931 bits per heavy atom. The molecular weight excluding hydrogens is 370 g/mol. The highest BCUT2D eigenvalue weighted by atomic mass is 16.5. The molecule has 8 nitrogen and oxygen atoms in total. The number of hydrogen-bond donors (Lipinski definition) is 0. The molecule has 0 N–H and O–H groups in total. The lowest BCUT2D eigenvalue weighted by molar-refractivity contribution is -0.137. The van der Waals surface area contributed by atoms with Crippen LogP contribution in [0, 0.1) is 0 Å². The summed E-state index contributed by atoms with van der Waals surface area (Å²) in [4.78, 5) is 40.2. The molecule has 3 heterocycles. The Morgan fingerprint density at radius 3 is 2.24 bits per heavy atom. The average molecular weight is 393 g/mol. The number of ether oxygens (including phenoxy) is 1. The van der Waals surface area contributed by atoms with Gasteiger partial charge in [-0.25, -0.2) is 9.97 Å². The molecule has 0 spiro atoms. The van der Waals surface area contributed by atoms with Gasteiger partial charge in [-0.1, -0.05) is 18.2 Å². The second kappa shape index (κ2) is 7.90.